The van der Waals surface area contributed by atoms with Crippen LogP contribution in [0.1, 0.15) is 125 Å². The Morgan fingerprint density at radius 3 is 1.55 bits per heavy atom. The van der Waals surface area contributed by atoms with Gasteiger partial charge in [0.05, 0.1) is 29.7 Å². The average molecular weight is 721 g/mol. The van der Waals surface area contributed by atoms with Gasteiger partial charge in [-0.15, -0.1) is 0 Å². The fourth-order valence-corrected chi connectivity index (χ4v) is 7.42. The first kappa shape index (κ1) is 43.3. The van der Waals surface area contributed by atoms with Crippen molar-refractivity contribution in [2.75, 3.05) is 0 Å². The van der Waals surface area contributed by atoms with Gasteiger partial charge in [-0.2, -0.15) is 0 Å². The van der Waals surface area contributed by atoms with Gasteiger partial charge in [0.25, 0.3) is 0 Å². The Hall–Kier alpha value is -2.13. The summed E-state index contributed by atoms with van der Waals surface area (Å²) < 4.78 is 33.3. The summed E-state index contributed by atoms with van der Waals surface area (Å²) in [6.45, 7) is 8.79. The van der Waals surface area contributed by atoms with Crippen LogP contribution in [0.4, 0.5) is 0 Å². The van der Waals surface area contributed by atoms with Gasteiger partial charge in [0, 0.05) is 0 Å². The van der Waals surface area contributed by atoms with Crippen molar-refractivity contribution in [1.82, 2.24) is 0 Å². The van der Waals surface area contributed by atoms with Gasteiger partial charge in [-0.3, -0.25) is 4.18 Å². The molecule has 0 spiro atoms. The second kappa shape index (κ2) is 23.5. The third kappa shape index (κ3) is 15.0. The van der Waals surface area contributed by atoms with Crippen LogP contribution < -0.4 is 29.6 Å². The summed E-state index contributed by atoms with van der Waals surface area (Å²) in [5, 5.41) is 10.6. The minimum atomic E-state index is -2.65. The summed E-state index contributed by atoms with van der Waals surface area (Å²) in [7, 11) is 0. The van der Waals surface area contributed by atoms with E-state index in [1.807, 2.05) is 48.5 Å². The fraction of sp³-hybridized carbons (Fsp3) is 0.455. The Kier molecular flexibility index (Phi) is 20.0. The molecule has 51 heavy (non-hydrogen) atoms. The molecule has 0 bridgehead atoms. The van der Waals surface area contributed by atoms with E-state index in [-0.39, 0.29) is 41.4 Å². The van der Waals surface area contributed by atoms with Crippen molar-refractivity contribution < 1.29 is 52.3 Å². The molecule has 0 aromatic heterocycles. The molecule has 1 aliphatic heterocycles. The van der Waals surface area contributed by atoms with Gasteiger partial charge in [0.2, 0.25) is 0 Å². The number of hydrogen-bond acceptors (Lipinski definition) is 5. The monoisotopic (exact) mass is 720 g/mol. The predicted octanol–water partition coefficient (Wildman–Crippen LogP) is 7.62. The molecule has 4 aromatic carbocycles. The topological polar surface area (TPSA) is 82.1 Å². The number of rotatable bonds is 19. The Balaban J connectivity index is 0.000000273. The normalized spacial score (nSPS) is 19.2. The molecule has 4 aromatic rings. The number of epoxide rings is 1. The third-order valence-corrected chi connectivity index (χ3v) is 10.8. The van der Waals surface area contributed by atoms with Crippen LogP contribution in [0.3, 0.4) is 0 Å². The van der Waals surface area contributed by atoms with Crippen molar-refractivity contribution in [3.05, 3.63) is 144 Å². The maximum atomic E-state index is 11.1. The molecule has 0 aliphatic carbocycles. The molecular formula is C44H57NaO5S. The summed E-state index contributed by atoms with van der Waals surface area (Å²) >= 11 is -2.65. The molecular weight excluding hydrogens is 664 g/mol. The van der Waals surface area contributed by atoms with E-state index < -0.39 is 23.6 Å². The van der Waals surface area contributed by atoms with E-state index in [1.54, 1.807) is 0 Å². The first-order chi connectivity index (χ1) is 24.3. The van der Waals surface area contributed by atoms with Crippen molar-refractivity contribution in [1.29, 1.82) is 0 Å². The van der Waals surface area contributed by atoms with E-state index in [9.17, 15) is 13.9 Å². The molecule has 5 rings (SSSR count). The minimum absolute atomic E-state index is 0. The molecule has 0 amide bonds. The molecule has 1 N–H and O–H groups in total. The van der Waals surface area contributed by atoms with Crippen molar-refractivity contribution in [2.45, 2.75) is 127 Å². The average Bonchev–Trinajstić information content (AvgIpc) is 3.92. The van der Waals surface area contributed by atoms with Gasteiger partial charge in [-0.25, -0.2) is 4.21 Å². The van der Waals surface area contributed by atoms with Crippen LogP contribution in [-0.4, -0.2) is 38.3 Å². The summed E-state index contributed by atoms with van der Waals surface area (Å²) in [5.74, 6) is 1.69. The van der Waals surface area contributed by atoms with Gasteiger partial charge in [-0.05, 0) is 97.3 Å². The summed E-state index contributed by atoms with van der Waals surface area (Å²) in [4.78, 5) is 0. The molecule has 1 saturated heterocycles. The minimum Gasteiger partial charge on any atom is -0.750 e. The van der Waals surface area contributed by atoms with E-state index in [4.69, 9.17) is 8.92 Å². The molecule has 0 radical (unpaired) electrons. The molecule has 9 unspecified atom stereocenters. The molecule has 5 nitrogen and oxygen atoms in total. The largest absolute Gasteiger partial charge is 1.00 e. The van der Waals surface area contributed by atoms with Gasteiger partial charge < -0.3 is 14.4 Å². The maximum absolute atomic E-state index is 11.1. The Bertz CT molecular complexity index is 1490. The predicted molar refractivity (Wildman–Crippen MR) is 205 cm³/mol. The molecule has 0 saturated carbocycles. The summed E-state index contributed by atoms with van der Waals surface area (Å²) in [6, 6.07) is 41.8. The van der Waals surface area contributed by atoms with E-state index in [2.05, 4.69) is 100 Å². The molecule has 1 heterocycles. The summed E-state index contributed by atoms with van der Waals surface area (Å²) in [5.41, 5.74) is 5.25. The van der Waals surface area contributed by atoms with E-state index in [0.29, 0.717) is 36.9 Å². The number of hydrogen-bond donors (Lipinski definition) is 1. The molecule has 1 fully saturated rings. The number of benzene rings is 4. The van der Waals surface area contributed by atoms with Crippen molar-refractivity contribution in [2.24, 2.45) is 0 Å². The molecule has 1 aliphatic rings. The zero-order valence-electron chi connectivity index (χ0n) is 31.3. The Morgan fingerprint density at radius 1 is 0.667 bits per heavy atom. The molecule has 9 atom stereocenters. The van der Waals surface area contributed by atoms with E-state index in [0.717, 1.165) is 18.4 Å². The Morgan fingerprint density at radius 2 is 1.10 bits per heavy atom. The fourth-order valence-electron chi connectivity index (χ4n) is 7.01. The van der Waals surface area contributed by atoms with Crippen LogP contribution >= 0.6 is 0 Å². The SMILES string of the molecule is CCC(CC(OS(=O)[O-])C(O)CCC(C)c1ccccc1)c1ccccc1.CCC(CC1OC1CCC(C)c1ccccc1)c1ccccc1.[Na+]. The zero-order chi connectivity index (χ0) is 35.7. The maximum Gasteiger partial charge on any atom is 1.00 e. The first-order valence-electron chi connectivity index (χ1n) is 18.6. The smallest absolute Gasteiger partial charge is 0.750 e. The van der Waals surface area contributed by atoms with Gasteiger partial charge in [0.15, 0.2) is 0 Å². The van der Waals surface area contributed by atoms with Crippen LogP contribution in [0, 0.1) is 0 Å². The van der Waals surface area contributed by atoms with Crippen molar-refractivity contribution in [3.8, 4) is 0 Å². The molecule has 270 valence electrons. The van der Waals surface area contributed by atoms with E-state index in [1.165, 1.54) is 42.4 Å². The number of ether oxygens (including phenoxy) is 1. The number of aliphatic hydroxyl groups excluding tert-OH is 1. The molecule has 7 heteroatoms. The standard InChI is InChI=1S/C22H30O4S.C22H28O.Na/c1-3-18(20-12-8-5-9-13-20)16-22(26-27(24)25)21(23)15-14-17(2)19-10-6-4-7-11-19;1-3-18(20-12-8-5-9-13-20)16-22-21(23-22)15-14-17(2)19-10-6-4-7-11-19;/h4-13,17-18,21-23H,3,14-16H2,1-2H3,(H,24,25);4-13,17-18,21-22H,3,14-16H2,1-2H3;/q;;+1/p-1. The number of aliphatic hydroxyl groups is 1. The van der Waals surface area contributed by atoms with Gasteiger partial charge in [-0.1, -0.05) is 149 Å². The van der Waals surface area contributed by atoms with Crippen LogP contribution in [0.2, 0.25) is 0 Å². The summed E-state index contributed by atoms with van der Waals surface area (Å²) in [6.07, 6.45) is 6.73. The second-order valence-corrected chi connectivity index (χ2v) is 14.5. The van der Waals surface area contributed by atoms with Crippen molar-refractivity contribution in [3.63, 3.8) is 0 Å². The Labute approximate surface area is 332 Å². The van der Waals surface area contributed by atoms with Crippen molar-refractivity contribution >= 4 is 11.4 Å². The zero-order valence-corrected chi connectivity index (χ0v) is 34.1. The van der Waals surface area contributed by atoms with E-state index >= 15 is 0 Å². The van der Waals surface area contributed by atoms with Crippen LogP contribution in [0.25, 0.3) is 0 Å². The quantitative estimate of drug-likeness (QED) is 0.0613. The van der Waals surface area contributed by atoms with Crippen LogP contribution in [0.5, 0.6) is 0 Å². The second-order valence-electron chi connectivity index (χ2n) is 13.9. The van der Waals surface area contributed by atoms with Gasteiger partial charge >= 0.3 is 29.6 Å². The van der Waals surface area contributed by atoms with Crippen LogP contribution in [0.15, 0.2) is 121 Å². The third-order valence-electron chi connectivity index (χ3n) is 10.4. The van der Waals surface area contributed by atoms with Crippen LogP contribution in [-0.2, 0) is 20.3 Å². The van der Waals surface area contributed by atoms with Gasteiger partial charge in [0.1, 0.15) is 6.10 Å². The first-order valence-corrected chi connectivity index (χ1v) is 19.6.